The molecule has 0 aliphatic heterocycles. The molecule has 10 heteroatoms. The molecule has 0 aliphatic rings. The summed E-state index contributed by atoms with van der Waals surface area (Å²) in [5.74, 6) is 1.61. The van der Waals surface area contributed by atoms with Crippen molar-refractivity contribution in [3.05, 3.63) is 50.4 Å². The van der Waals surface area contributed by atoms with E-state index in [-0.39, 0.29) is 29.5 Å². The van der Waals surface area contributed by atoms with E-state index in [4.69, 9.17) is 9.47 Å². The summed E-state index contributed by atoms with van der Waals surface area (Å²) in [6.45, 7) is 6.74. The average molecular weight is 429 g/mol. The topological polar surface area (TPSA) is 131 Å². The summed E-state index contributed by atoms with van der Waals surface area (Å²) in [5, 5.41) is 2.95. The van der Waals surface area contributed by atoms with Crippen molar-refractivity contribution in [2.75, 3.05) is 13.2 Å². The first-order valence-electron chi connectivity index (χ1n) is 10.2. The Labute approximate surface area is 178 Å². The number of hydrogen-bond acceptors (Lipinski definition) is 6. The molecule has 31 heavy (non-hydrogen) atoms. The lowest BCUT2D eigenvalue weighted by atomic mass is 10.1. The number of aromatic nitrogens is 4. The maximum Gasteiger partial charge on any atom is 0.329 e. The summed E-state index contributed by atoms with van der Waals surface area (Å²) in [7, 11) is 1.52. The molecule has 0 bridgehead atoms. The Morgan fingerprint density at radius 2 is 1.87 bits per heavy atom. The second kappa shape index (κ2) is 9.50. The Hall–Kier alpha value is -3.56. The summed E-state index contributed by atoms with van der Waals surface area (Å²) in [4.78, 5) is 45.4. The maximum absolute atomic E-state index is 12.5. The highest BCUT2D eigenvalue weighted by Crippen LogP contribution is 2.30. The minimum atomic E-state index is -0.538. The third-order valence-electron chi connectivity index (χ3n) is 4.84. The van der Waals surface area contributed by atoms with Crippen molar-refractivity contribution in [1.29, 1.82) is 0 Å². The van der Waals surface area contributed by atoms with Crippen LogP contribution < -0.4 is 26.0 Å². The number of hydrogen-bond donors (Lipinski definition) is 3. The van der Waals surface area contributed by atoms with Gasteiger partial charge in [0.05, 0.1) is 19.3 Å². The summed E-state index contributed by atoms with van der Waals surface area (Å²) in [5.41, 5.74) is 0.295. The van der Waals surface area contributed by atoms with Crippen LogP contribution in [0.4, 0.5) is 0 Å². The highest BCUT2D eigenvalue weighted by Gasteiger charge is 2.15. The molecular formula is C21H27N5O5. The van der Waals surface area contributed by atoms with Crippen molar-refractivity contribution in [3.8, 4) is 11.5 Å². The van der Waals surface area contributed by atoms with Crippen LogP contribution in [0.2, 0.25) is 0 Å². The van der Waals surface area contributed by atoms with E-state index in [1.807, 2.05) is 39.0 Å². The predicted octanol–water partition coefficient (Wildman–Crippen LogP) is 1.56. The van der Waals surface area contributed by atoms with E-state index in [9.17, 15) is 14.4 Å². The van der Waals surface area contributed by atoms with E-state index in [1.165, 1.54) is 11.6 Å². The molecule has 0 saturated heterocycles. The van der Waals surface area contributed by atoms with Crippen LogP contribution >= 0.6 is 0 Å². The molecule has 0 spiro atoms. The predicted molar refractivity (Wildman–Crippen MR) is 116 cm³/mol. The van der Waals surface area contributed by atoms with E-state index < -0.39 is 11.2 Å². The fourth-order valence-corrected chi connectivity index (χ4v) is 3.24. The van der Waals surface area contributed by atoms with Crippen LogP contribution in [-0.2, 0) is 18.3 Å². The van der Waals surface area contributed by atoms with Gasteiger partial charge in [0.2, 0.25) is 5.91 Å². The van der Waals surface area contributed by atoms with Gasteiger partial charge in [-0.05, 0) is 38.5 Å². The number of aryl methyl sites for hydroxylation is 2. The third kappa shape index (κ3) is 4.96. The number of amides is 1. The first-order valence-corrected chi connectivity index (χ1v) is 10.2. The Bertz CT molecular complexity index is 1190. The first kappa shape index (κ1) is 22.1. The minimum Gasteiger partial charge on any atom is -0.490 e. The van der Waals surface area contributed by atoms with Crippen molar-refractivity contribution < 1.29 is 14.3 Å². The lowest BCUT2D eigenvalue weighted by Crippen LogP contribution is -2.28. The molecule has 1 unspecified atom stereocenters. The molecule has 0 saturated carbocycles. The number of nitrogens with one attached hydrogen (secondary N) is 3. The van der Waals surface area contributed by atoms with Gasteiger partial charge in [-0.15, -0.1) is 0 Å². The third-order valence-corrected chi connectivity index (χ3v) is 4.84. The molecule has 1 aromatic carbocycles. The smallest absolute Gasteiger partial charge is 0.329 e. The van der Waals surface area contributed by atoms with Crippen LogP contribution in [0.5, 0.6) is 11.5 Å². The number of aromatic amines is 2. The molecule has 10 nitrogen and oxygen atoms in total. The van der Waals surface area contributed by atoms with Crippen molar-refractivity contribution in [1.82, 2.24) is 24.8 Å². The zero-order valence-corrected chi connectivity index (χ0v) is 18.1. The van der Waals surface area contributed by atoms with Gasteiger partial charge in [-0.2, -0.15) is 0 Å². The van der Waals surface area contributed by atoms with Crippen LogP contribution in [0.3, 0.4) is 0 Å². The molecule has 1 atom stereocenters. The number of fused-ring (bicyclic) bond motifs is 1. The standard InChI is InChI=1S/C21H27N5O5/c1-5-30-14-8-7-13(11-15(14)31-6-2)12(3)22-17(27)10-9-16-23-18-19(24-16)26(4)21(29)25-20(18)28/h7-8,11-12H,5-6,9-10H2,1-4H3,(H,22,27)(H,23,24)(H,25,28,29). The molecule has 3 N–H and O–H groups in total. The van der Waals surface area contributed by atoms with E-state index in [1.54, 1.807) is 0 Å². The molecular weight excluding hydrogens is 402 g/mol. The molecule has 2 heterocycles. The molecule has 3 rings (SSSR count). The molecule has 0 aliphatic carbocycles. The maximum atomic E-state index is 12.5. The summed E-state index contributed by atoms with van der Waals surface area (Å²) in [6.07, 6.45) is 0.472. The summed E-state index contributed by atoms with van der Waals surface area (Å²) < 4.78 is 12.5. The van der Waals surface area contributed by atoms with Gasteiger partial charge in [0.1, 0.15) is 11.3 Å². The van der Waals surface area contributed by atoms with Gasteiger partial charge < -0.3 is 19.8 Å². The van der Waals surface area contributed by atoms with Crippen LogP contribution in [0.25, 0.3) is 11.2 Å². The van der Waals surface area contributed by atoms with Crippen molar-refractivity contribution in [2.45, 2.75) is 39.7 Å². The number of nitrogens with zero attached hydrogens (tertiary/aromatic N) is 2. The SMILES string of the molecule is CCOc1ccc(C(C)NC(=O)CCc2nc3c([nH]2)c(=O)[nH]c(=O)n3C)cc1OCC. The lowest BCUT2D eigenvalue weighted by molar-refractivity contribution is -0.121. The van der Waals surface area contributed by atoms with Gasteiger partial charge in [0, 0.05) is 19.9 Å². The molecule has 3 aromatic rings. The Kier molecular flexibility index (Phi) is 6.78. The highest BCUT2D eigenvalue weighted by molar-refractivity contribution is 5.77. The van der Waals surface area contributed by atoms with Gasteiger partial charge in [-0.25, -0.2) is 9.78 Å². The van der Waals surface area contributed by atoms with E-state index in [0.717, 1.165) is 5.56 Å². The first-order chi connectivity index (χ1) is 14.8. The molecule has 166 valence electrons. The Morgan fingerprint density at radius 3 is 2.58 bits per heavy atom. The molecule has 0 fully saturated rings. The quantitative estimate of drug-likeness (QED) is 0.473. The normalized spacial score (nSPS) is 12.0. The number of carbonyl (C=O) groups is 1. The number of imidazole rings is 1. The van der Waals surface area contributed by atoms with E-state index in [0.29, 0.717) is 37.0 Å². The second-order valence-corrected chi connectivity index (χ2v) is 7.06. The highest BCUT2D eigenvalue weighted by atomic mass is 16.5. The number of rotatable bonds is 9. The van der Waals surface area contributed by atoms with E-state index >= 15 is 0 Å². The van der Waals surface area contributed by atoms with Crippen LogP contribution in [-0.4, -0.2) is 38.6 Å². The number of ether oxygens (including phenoxy) is 2. The number of benzene rings is 1. The van der Waals surface area contributed by atoms with Crippen LogP contribution in [0.1, 0.15) is 44.6 Å². The molecule has 0 radical (unpaired) electrons. The average Bonchev–Trinajstić information content (AvgIpc) is 3.17. The Balaban J connectivity index is 1.66. The zero-order chi connectivity index (χ0) is 22.5. The van der Waals surface area contributed by atoms with Gasteiger partial charge in [0.25, 0.3) is 5.56 Å². The Morgan fingerprint density at radius 1 is 1.16 bits per heavy atom. The number of H-pyrrole nitrogens is 2. The van der Waals surface area contributed by atoms with Gasteiger partial charge in [-0.3, -0.25) is 19.1 Å². The van der Waals surface area contributed by atoms with Crippen LogP contribution in [0, 0.1) is 0 Å². The monoisotopic (exact) mass is 429 g/mol. The summed E-state index contributed by atoms with van der Waals surface area (Å²) >= 11 is 0. The minimum absolute atomic E-state index is 0.164. The fourth-order valence-electron chi connectivity index (χ4n) is 3.24. The largest absolute Gasteiger partial charge is 0.490 e. The summed E-state index contributed by atoms with van der Waals surface area (Å²) in [6, 6.07) is 5.36. The molecule has 2 aromatic heterocycles. The fraction of sp³-hybridized carbons (Fsp3) is 0.429. The van der Waals surface area contributed by atoms with Crippen molar-refractivity contribution in [3.63, 3.8) is 0 Å². The van der Waals surface area contributed by atoms with Gasteiger partial charge in [-0.1, -0.05) is 6.07 Å². The van der Waals surface area contributed by atoms with Crippen LogP contribution in [0.15, 0.2) is 27.8 Å². The second-order valence-electron chi connectivity index (χ2n) is 7.06. The van der Waals surface area contributed by atoms with Crippen molar-refractivity contribution in [2.24, 2.45) is 7.05 Å². The molecule has 1 amide bonds. The van der Waals surface area contributed by atoms with Crippen molar-refractivity contribution >= 4 is 17.1 Å². The zero-order valence-electron chi connectivity index (χ0n) is 18.1. The lowest BCUT2D eigenvalue weighted by Gasteiger charge is -2.17. The van der Waals surface area contributed by atoms with Gasteiger partial charge in [0.15, 0.2) is 17.1 Å². The van der Waals surface area contributed by atoms with Gasteiger partial charge >= 0.3 is 5.69 Å². The number of carbonyl (C=O) groups excluding carboxylic acids is 1. The van der Waals surface area contributed by atoms with E-state index in [2.05, 4.69) is 20.3 Å².